The highest BCUT2D eigenvalue weighted by Gasteiger charge is 2.01. The predicted octanol–water partition coefficient (Wildman–Crippen LogP) is 4.38. The highest BCUT2D eigenvalue weighted by Crippen LogP contribution is 2.19. The number of H-pyrrole nitrogens is 1. The highest BCUT2D eigenvalue weighted by atomic mass is 127. The first-order valence-electron chi connectivity index (χ1n) is 5.88. The molecule has 0 saturated heterocycles. The fraction of sp³-hybridized carbons (Fsp3) is 0.0667. The molecule has 0 atom stereocenters. The molecule has 2 nitrogen and oxygen atoms in total. The second-order valence-electron chi connectivity index (χ2n) is 4.22. The summed E-state index contributed by atoms with van der Waals surface area (Å²) in [6.45, 7) is 0.814. The summed E-state index contributed by atoms with van der Waals surface area (Å²) in [5, 5.41) is 4.71. The molecule has 90 valence electrons. The predicted molar refractivity (Wildman–Crippen MR) is 84.8 cm³/mol. The Kier molecular flexibility index (Phi) is 3.23. The van der Waals surface area contributed by atoms with Crippen LogP contribution in [0.5, 0.6) is 0 Å². The SMILES string of the molecule is Ic1ccccc1NCc1cc2ccccc2[nH]1. The molecule has 0 radical (unpaired) electrons. The monoisotopic (exact) mass is 348 g/mol. The average molecular weight is 348 g/mol. The molecule has 0 saturated carbocycles. The first kappa shape index (κ1) is 11.6. The summed E-state index contributed by atoms with van der Waals surface area (Å²) < 4.78 is 1.24. The van der Waals surface area contributed by atoms with Crippen molar-refractivity contribution in [2.45, 2.75) is 6.54 Å². The molecule has 0 amide bonds. The molecular weight excluding hydrogens is 335 g/mol. The van der Waals surface area contributed by atoms with E-state index in [0.29, 0.717) is 0 Å². The van der Waals surface area contributed by atoms with Crippen LogP contribution < -0.4 is 5.32 Å². The Balaban J connectivity index is 1.79. The van der Waals surface area contributed by atoms with E-state index >= 15 is 0 Å². The topological polar surface area (TPSA) is 27.8 Å². The number of benzene rings is 2. The molecule has 0 spiro atoms. The molecule has 3 heteroatoms. The van der Waals surface area contributed by atoms with Crippen LogP contribution in [0.15, 0.2) is 54.6 Å². The van der Waals surface area contributed by atoms with E-state index in [1.165, 1.54) is 25.9 Å². The van der Waals surface area contributed by atoms with E-state index in [9.17, 15) is 0 Å². The van der Waals surface area contributed by atoms with Gasteiger partial charge in [0.05, 0.1) is 6.54 Å². The third-order valence-electron chi connectivity index (χ3n) is 2.93. The second-order valence-corrected chi connectivity index (χ2v) is 5.38. The number of aromatic amines is 1. The molecule has 0 unspecified atom stereocenters. The van der Waals surface area contributed by atoms with Gasteiger partial charge in [-0.3, -0.25) is 0 Å². The average Bonchev–Trinajstić information content (AvgIpc) is 2.80. The Morgan fingerprint density at radius 2 is 1.78 bits per heavy atom. The number of hydrogen-bond donors (Lipinski definition) is 2. The van der Waals surface area contributed by atoms with Gasteiger partial charge in [0.25, 0.3) is 0 Å². The van der Waals surface area contributed by atoms with E-state index in [0.717, 1.165) is 6.54 Å². The minimum absolute atomic E-state index is 0.814. The highest BCUT2D eigenvalue weighted by molar-refractivity contribution is 14.1. The Hall–Kier alpha value is -1.49. The van der Waals surface area contributed by atoms with Crippen molar-refractivity contribution in [3.63, 3.8) is 0 Å². The van der Waals surface area contributed by atoms with Crippen LogP contribution in [-0.2, 0) is 6.54 Å². The first-order chi connectivity index (χ1) is 8.83. The molecule has 0 bridgehead atoms. The molecule has 18 heavy (non-hydrogen) atoms. The van der Waals surface area contributed by atoms with Gasteiger partial charge in [-0.1, -0.05) is 30.3 Å². The Morgan fingerprint density at radius 3 is 2.61 bits per heavy atom. The molecule has 3 aromatic rings. The van der Waals surface area contributed by atoms with E-state index in [2.05, 4.69) is 87.5 Å². The van der Waals surface area contributed by atoms with E-state index in [1.807, 2.05) is 0 Å². The number of aromatic nitrogens is 1. The normalized spacial score (nSPS) is 10.7. The van der Waals surface area contributed by atoms with Gasteiger partial charge in [0.15, 0.2) is 0 Å². The van der Waals surface area contributed by atoms with Crippen LogP contribution in [0.25, 0.3) is 10.9 Å². The van der Waals surface area contributed by atoms with Gasteiger partial charge in [-0.25, -0.2) is 0 Å². The molecule has 0 aliphatic rings. The third-order valence-corrected chi connectivity index (χ3v) is 3.87. The van der Waals surface area contributed by atoms with Crippen molar-refractivity contribution in [3.8, 4) is 0 Å². The number of halogens is 1. The van der Waals surface area contributed by atoms with Gasteiger partial charge in [0.2, 0.25) is 0 Å². The lowest BCUT2D eigenvalue weighted by molar-refractivity contribution is 1.08. The number of para-hydroxylation sites is 2. The standard InChI is InChI=1S/C15H13IN2/c16-13-6-2-4-8-15(13)17-10-12-9-11-5-1-3-7-14(11)18-12/h1-9,17-18H,10H2. The molecular formula is C15H13IN2. The van der Waals surface area contributed by atoms with E-state index in [-0.39, 0.29) is 0 Å². The Bertz CT molecular complexity index is 640. The maximum atomic E-state index is 3.45. The van der Waals surface area contributed by atoms with Crippen molar-refractivity contribution >= 4 is 39.2 Å². The lowest BCUT2D eigenvalue weighted by Gasteiger charge is -2.06. The minimum Gasteiger partial charge on any atom is -0.379 e. The summed E-state index contributed by atoms with van der Waals surface area (Å²) in [5.74, 6) is 0. The van der Waals surface area contributed by atoms with Crippen molar-refractivity contribution in [1.82, 2.24) is 4.98 Å². The van der Waals surface area contributed by atoms with Crippen molar-refractivity contribution in [1.29, 1.82) is 0 Å². The molecule has 1 aromatic heterocycles. The second kappa shape index (κ2) is 5.02. The lowest BCUT2D eigenvalue weighted by atomic mass is 10.2. The summed E-state index contributed by atoms with van der Waals surface area (Å²) in [7, 11) is 0. The van der Waals surface area contributed by atoms with Crippen molar-refractivity contribution in [2.75, 3.05) is 5.32 Å². The van der Waals surface area contributed by atoms with E-state index in [4.69, 9.17) is 0 Å². The molecule has 0 aliphatic heterocycles. The summed E-state index contributed by atoms with van der Waals surface area (Å²) in [6.07, 6.45) is 0. The van der Waals surface area contributed by atoms with Crippen LogP contribution in [0.2, 0.25) is 0 Å². The Labute approximate surface area is 120 Å². The summed E-state index contributed by atoms with van der Waals surface area (Å²) in [6, 6.07) is 18.8. The zero-order chi connectivity index (χ0) is 12.4. The van der Waals surface area contributed by atoms with Crippen LogP contribution in [-0.4, -0.2) is 4.98 Å². The molecule has 3 rings (SSSR count). The third kappa shape index (κ3) is 2.36. The van der Waals surface area contributed by atoms with Crippen molar-refractivity contribution in [2.24, 2.45) is 0 Å². The van der Waals surface area contributed by atoms with Gasteiger partial charge in [-0.2, -0.15) is 0 Å². The van der Waals surface area contributed by atoms with Gasteiger partial charge in [-0.15, -0.1) is 0 Å². The van der Waals surface area contributed by atoms with Crippen LogP contribution >= 0.6 is 22.6 Å². The molecule has 2 N–H and O–H groups in total. The quantitative estimate of drug-likeness (QED) is 0.676. The van der Waals surface area contributed by atoms with Gasteiger partial charge in [-0.05, 0) is 52.2 Å². The lowest BCUT2D eigenvalue weighted by Crippen LogP contribution is -2.00. The van der Waals surface area contributed by atoms with Gasteiger partial charge >= 0.3 is 0 Å². The molecule has 0 aliphatic carbocycles. The first-order valence-corrected chi connectivity index (χ1v) is 6.96. The Morgan fingerprint density at radius 1 is 1.00 bits per heavy atom. The van der Waals surface area contributed by atoms with Crippen LogP contribution in [0.4, 0.5) is 5.69 Å². The maximum Gasteiger partial charge on any atom is 0.0551 e. The summed E-state index contributed by atoms with van der Waals surface area (Å²) in [4.78, 5) is 3.42. The smallest absolute Gasteiger partial charge is 0.0551 e. The number of nitrogens with one attached hydrogen (secondary N) is 2. The van der Waals surface area contributed by atoms with Crippen LogP contribution in [0.3, 0.4) is 0 Å². The summed E-state index contributed by atoms with van der Waals surface area (Å²) in [5.41, 5.74) is 3.57. The van der Waals surface area contributed by atoms with Crippen LogP contribution in [0.1, 0.15) is 5.69 Å². The minimum atomic E-state index is 0.814. The van der Waals surface area contributed by atoms with Gasteiger partial charge < -0.3 is 10.3 Å². The molecule has 0 fully saturated rings. The molecule has 1 heterocycles. The van der Waals surface area contributed by atoms with E-state index < -0.39 is 0 Å². The van der Waals surface area contributed by atoms with Crippen molar-refractivity contribution < 1.29 is 0 Å². The number of hydrogen-bond acceptors (Lipinski definition) is 1. The number of anilines is 1. The zero-order valence-corrected chi connectivity index (χ0v) is 11.9. The largest absolute Gasteiger partial charge is 0.379 e. The van der Waals surface area contributed by atoms with Crippen molar-refractivity contribution in [3.05, 3.63) is 63.9 Å². The van der Waals surface area contributed by atoms with E-state index in [1.54, 1.807) is 0 Å². The van der Waals surface area contributed by atoms with Crippen LogP contribution in [0, 0.1) is 3.57 Å². The molecule has 2 aromatic carbocycles. The maximum absolute atomic E-state index is 3.45. The number of fused-ring (bicyclic) bond motifs is 1. The zero-order valence-electron chi connectivity index (χ0n) is 9.78. The number of rotatable bonds is 3. The van der Waals surface area contributed by atoms with Gasteiger partial charge in [0.1, 0.15) is 0 Å². The summed E-state index contributed by atoms with van der Waals surface area (Å²) >= 11 is 2.34. The fourth-order valence-corrected chi connectivity index (χ4v) is 2.60. The van der Waals surface area contributed by atoms with Gasteiger partial charge in [0, 0.05) is 20.5 Å². The fourth-order valence-electron chi connectivity index (χ4n) is 2.02.